The van der Waals surface area contributed by atoms with Crippen molar-refractivity contribution in [2.45, 2.75) is 89.3 Å². The number of ether oxygens (including phenoxy) is 3. The van der Waals surface area contributed by atoms with E-state index >= 15 is 8.78 Å². The lowest BCUT2D eigenvalue weighted by Gasteiger charge is -2.52. The average molecular weight is 642 g/mol. The molecule has 0 aromatic heterocycles. The van der Waals surface area contributed by atoms with Gasteiger partial charge in [-0.3, -0.25) is 4.55 Å². The first kappa shape index (κ1) is 31.8. The summed E-state index contributed by atoms with van der Waals surface area (Å²) in [5.41, 5.74) is -0.941. The Kier molecular flexibility index (Phi) is 8.65. The smallest absolute Gasteiger partial charge is 0.405 e. The fraction of sp³-hybridized carbons (Fsp3) is 0.419. The molecule has 3 unspecified atom stereocenters. The first-order valence-corrected chi connectivity index (χ1v) is 16.6. The maximum absolute atomic E-state index is 15.0. The van der Waals surface area contributed by atoms with E-state index in [-0.39, 0.29) is 18.6 Å². The molecule has 2 aliphatic rings. The maximum Gasteiger partial charge on any atom is 0.405 e. The van der Waals surface area contributed by atoms with Gasteiger partial charge < -0.3 is 14.2 Å². The van der Waals surface area contributed by atoms with Crippen LogP contribution in [0.25, 0.3) is 0 Å². The summed E-state index contributed by atoms with van der Waals surface area (Å²) in [6.45, 7) is 1.81. The van der Waals surface area contributed by atoms with E-state index < -0.39 is 56.3 Å². The normalized spacial score (nSPS) is 23.4. The van der Waals surface area contributed by atoms with Gasteiger partial charge in [0.2, 0.25) is 0 Å². The topological polar surface area (TPSA) is 82.1 Å². The molecule has 1 saturated carbocycles. The minimum absolute atomic E-state index is 0.000464. The van der Waals surface area contributed by atoms with Crippen LogP contribution in [0.3, 0.4) is 0 Å². The highest BCUT2D eigenvalue weighted by atomic mass is 32.2. The van der Waals surface area contributed by atoms with Crippen molar-refractivity contribution >= 4 is 21.0 Å². The van der Waals surface area contributed by atoms with Gasteiger partial charge in [0, 0.05) is 5.56 Å². The lowest BCUT2D eigenvalue weighted by molar-refractivity contribution is -0.405. The highest BCUT2D eigenvalue weighted by molar-refractivity contribution is 7.97. The Morgan fingerprint density at radius 1 is 0.884 bits per heavy atom. The number of halogens is 4. The summed E-state index contributed by atoms with van der Waals surface area (Å²) >= 11 is 0. The lowest BCUT2D eigenvalue weighted by atomic mass is 9.78. The van der Waals surface area contributed by atoms with Gasteiger partial charge in [-0.2, -0.15) is 17.2 Å². The van der Waals surface area contributed by atoms with Gasteiger partial charge in [0.25, 0.3) is 5.92 Å². The van der Waals surface area contributed by atoms with E-state index in [9.17, 15) is 17.2 Å². The predicted molar refractivity (Wildman–Crippen MR) is 153 cm³/mol. The van der Waals surface area contributed by atoms with Crippen LogP contribution in [0.5, 0.6) is 5.75 Å². The van der Waals surface area contributed by atoms with Crippen LogP contribution in [0.15, 0.2) is 93.5 Å². The first-order chi connectivity index (χ1) is 20.2. The second-order valence-corrected chi connectivity index (χ2v) is 14.5. The van der Waals surface area contributed by atoms with Crippen LogP contribution in [-0.4, -0.2) is 42.5 Å². The molecule has 2 fully saturated rings. The predicted octanol–water partition coefficient (Wildman–Crippen LogP) is 7.59. The van der Waals surface area contributed by atoms with Gasteiger partial charge in [-0.15, -0.1) is 0 Å². The van der Waals surface area contributed by atoms with Crippen molar-refractivity contribution in [3.63, 3.8) is 0 Å². The van der Waals surface area contributed by atoms with Gasteiger partial charge in [-0.25, -0.2) is 8.78 Å². The molecule has 0 amide bonds. The zero-order chi connectivity index (χ0) is 31.1. The summed E-state index contributed by atoms with van der Waals surface area (Å²) in [6, 6.07) is 23.3. The van der Waals surface area contributed by atoms with E-state index in [0.717, 1.165) is 28.0 Å². The monoisotopic (exact) mass is 641 g/mol. The number of alkyl halides is 4. The molecule has 1 aliphatic heterocycles. The van der Waals surface area contributed by atoms with Crippen LogP contribution in [0.2, 0.25) is 0 Å². The summed E-state index contributed by atoms with van der Waals surface area (Å²) in [5.74, 6) is -4.43. The number of benzene rings is 3. The van der Waals surface area contributed by atoms with Crippen LogP contribution in [0.1, 0.15) is 51.5 Å². The van der Waals surface area contributed by atoms with Crippen LogP contribution >= 0.6 is 0 Å². The third kappa shape index (κ3) is 6.17. The molecule has 0 bridgehead atoms. The van der Waals surface area contributed by atoms with Gasteiger partial charge in [0.1, 0.15) is 18.0 Å². The molecule has 1 aliphatic carbocycles. The van der Waals surface area contributed by atoms with Crippen molar-refractivity contribution in [1.29, 1.82) is 0 Å². The molecule has 6 nitrogen and oxygen atoms in total. The van der Waals surface area contributed by atoms with Crippen molar-refractivity contribution in [3.05, 3.63) is 84.4 Å². The molecular formula is C31H33F4O6S2+. The van der Waals surface area contributed by atoms with Gasteiger partial charge in [0.15, 0.2) is 26.6 Å². The molecule has 232 valence electrons. The van der Waals surface area contributed by atoms with Gasteiger partial charge in [-0.1, -0.05) is 37.5 Å². The Morgan fingerprint density at radius 2 is 1.42 bits per heavy atom. The Balaban J connectivity index is 1.42. The summed E-state index contributed by atoms with van der Waals surface area (Å²) in [4.78, 5) is 2.68. The standard InChI is InChI=1S/C31H32F4O6S2/c1-22(31(34,35)43(36,37)38)40-24-13-17-27(18-14-24)42(25-9-5-3-6-10-25)26-15-11-23(12-16-26)28(2)39-21-30(32,33)29(41-28)19-7-4-8-20-29/h3,5-6,9-18,22H,4,7-8,19-21H2,1-2H3/p+1. The van der Waals surface area contributed by atoms with Crippen LogP contribution in [-0.2, 0) is 36.3 Å². The number of hydrogen-bond donors (Lipinski definition) is 1. The molecule has 1 spiro atoms. The second kappa shape index (κ2) is 11.7. The van der Waals surface area contributed by atoms with Crippen molar-refractivity contribution in [2.75, 3.05) is 6.61 Å². The Labute approximate surface area is 251 Å². The highest BCUT2D eigenvalue weighted by Crippen LogP contribution is 2.52. The molecule has 3 aromatic rings. The van der Waals surface area contributed by atoms with Crippen LogP contribution in [0.4, 0.5) is 17.6 Å². The minimum Gasteiger partial charge on any atom is -0.483 e. The van der Waals surface area contributed by atoms with E-state index in [0.29, 0.717) is 18.4 Å². The third-order valence-corrected chi connectivity index (χ3v) is 11.3. The quantitative estimate of drug-likeness (QED) is 0.155. The fourth-order valence-electron chi connectivity index (χ4n) is 5.57. The Morgan fingerprint density at radius 3 is 1.98 bits per heavy atom. The van der Waals surface area contributed by atoms with E-state index in [1.165, 1.54) is 12.1 Å². The third-order valence-electron chi connectivity index (χ3n) is 8.03. The molecule has 1 saturated heterocycles. The molecule has 3 aromatic carbocycles. The first-order valence-electron chi connectivity index (χ1n) is 13.9. The summed E-state index contributed by atoms with van der Waals surface area (Å²) in [5, 5.41) is -4.49. The molecule has 3 atom stereocenters. The van der Waals surface area contributed by atoms with Crippen LogP contribution < -0.4 is 4.74 Å². The minimum atomic E-state index is -5.66. The number of rotatable bonds is 8. The van der Waals surface area contributed by atoms with Crippen molar-refractivity contribution in [2.24, 2.45) is 0 Å². The van der Waals surface area contributed by atoms with Crippen molar-refractivity contribution in [1.82, 2.24) is 0 Å². The van der Waals surface area contributed by atoms with E-state index in [2.05, 4.69) is 0 Å². The largest absolute Gasteiger partial charge is 0.483 e. The lowest BCUT2D eigenvalue weighted by Crippen LogP contribution is -2.62. The molecule has 43 heavy (non-hydrogen) atoms. The zero-order valence-corrected chi connectivity index (χ0v) is 25.3. The molecule has 5 rings (SSSR count). The van der Waals surface area contributed by atoms with Gasteiger partial charge in [0.05, 0.1) is 10.9 Å². The molecule has 1 N–H and O–H groups in total. The maximum atomic E-state index is 15.0. The van der Waals surface area contributed by atoms with Crippen LogP contribution in [0, 0.1) is 0 Å². The molecular weight excluding hydrogens is 608 g/mol. The highest BCUT2D eigenvalue weighted by Gasteiger charge is 2.62. The van der Waals surface area contributed by atoms with E-state index in [1.54, 1.807) is 19.1 Å². The molecule has 12 heteroatoms. The molecule has 1 heterocycles. The van der Waals surface area contributed by atoms with Crippen molar-refractivity contribution in [3.8, 4) is 5.75 Å². The Hall–Kier alpha value is -2.64. The zero-order valence-electron chi connectivity index (χ0n) is 23.6. The summed E-state index contributed by atoms with van der Waals surface area (Å²) in [7, 11) is -6.32. The Bertz CT molecular complexity index is 1510. The fourth-order valence-corrected chi connectivity index (χ4v) is 8.09. The van der Waals surface area contributed by atoms with Gasteiger partial charge in [-0.05, 0) is 87.4 Å². The second-order valence-electron chi connectivity index (χ2n) is 11.0. The SMILES string of the molecule is CC(Oc1ccc([S+](c2ccccc2)c2ccc(C3(C)OCC(F)(F)C4(CCCCC4)O3)cc2)cc1)C(F)(F)S(=O)(=O)O. The molecule has 0 radical (unpaired) electrons. The average Bonchev–Trinajstić information content (AvgIpc) is 2.97. The number of hydrogen-bond acceptors (Lipinski definition) is 5. The van der Waals surface area contributed by atoms with Gasteiger partial charge >= 0.3 is 15.4 Å². The van der Waals surface area contributed by atoms with E-state index in [4.69, 9.17) is 18.8 Å². The van der Waals surface area contributed by atoms with E-state index in [1.807, 2.05) is 54.6 Å². The van der Waals surface area contributed by atoms with Crippen molar-refractivity contribution < 1.29 is 44.7 Å². The summed E-state index contributed by atoms with van der Waals surface area (Å²) < 4.78 is 106. The summed E-state index contributed by atoms with van der Waals surface area (Å²) in [6.07, 6.45) is 0.678.